The molecule has 1 aliphatic heterocycles. The Bertz CT molecular complexity index is 1160. The number of aliphatic hydroxyl groups is 1. The van der Waals surface area contributed by atoms with Crippen LogP contribution in [0.15, 0.2) is 29.1 Å². The van der Waals surface area contributed by atoms with Gasteiger partial charge < -0.3 is 30.7 Å². The van der Waals surface area contributed by atoms with Crippen LogP contribution >= 0.6 is 0 Å². The van der Waals surface area contributed by atoms with Crippen molar-refractivity contribution in [3.05, 3.63) is 40.3 Å². The van der Waals surface area contributed by atoms with Gasteiger partial charge >= 0.3 is 12.1 Å². The van der Waals surface area contributed by atoms with E-state index in [-0.39, 0.29) is 24.6 Å². The second kappa shape index (κ2) is 8.03. The van der Waals surface area contributed by atoms with Crippen molar-refractivity contribution in [3.8, 4) is 0 Å². The third-order valence-electron chi connectivity index (χ3n) is 5.29. The number of aromatic nitrogens is 3. The molecule has 0 bridgehead atoms. The molecule has 30 heavy (non-hydrogen) atoms. The Morgan fingerprint density at radius 3 is 2.73 bits per heavy atom. The van der Waals surface area contributed by atoms with Gasteiger partial charge in [-0.05, 0) is 25.0 Å². The number of fused-ring (bicyclic) bond motifs is 3. The monoisotopic (exact) mass is 414 g/mol. The van der Waals surface area contributed by atoms with Gasteiger partial charge in [-0.25, -0.2) is 14.1 Å². The van der Waals surface area contributed by atoms with E-state index in [0.717, 1.165) is 0 Å². The van der Waals surface area contributed by atoms with E-state index in [2.05, 4.69) is 20.7 Å². The number of hydrogen-bond acceptors (Lipinski definition) is 5. The summed E-state index contributed by atoms with van der Waals surface area (Å²) in [6.45, 7) is 0.734. The van der Waals surface area contributed by atoms with Crippen molar-refractivity contribution in [2.45, 2.75) is 18.8 Å². The molecule has 0 radical (unpaired) electrons. The minimum atomic E-state index is -0.940. The first-order valence-corrected chi connectivity index (χ1v) is 9.66. The number of hydrogen-bond donors (Lipinski definition) is 5. The van der Waals surface area contributed by atoms with E-state index in [4.69, 9.17) is 10.2 Å². The van der Waals surface area contributed by atoms with Gasteiger partial charge in [0, 0.05) is 31.6 Å². The number of anilines is 1. The first-order chi connectivity index (χ1) is 14.5. The number of carbonyl (C=O) groups excluding carboxylic acids is 1. The van der Waals surface area contributed by atoms with Crippen molar-refractivity contribution in [2.75, 3.05) is 31.6 Å². The number of carbonyl (C=O) groups is 2. The Hall–Kier alpha value is -3.60. The molecule has 5 N–H and O–H groups in total. The smallest absolute Gasteiger partial charge is 0.407 e. The highest BCUT2D eigenvalue weighted by molar-refractivity contribution is 6.07. The number of nitrogens with zero attached hydrogens (tertiary/aromatic N) is 3. The number of aromatic amines is 1. The second-order valence-corrected chi connectivity index (χ2v) is 7.17. The van der Waals surface area contributed by atoms with Gasteiger partial charge in [0.15, 0.2) is 0 Å². The number of urea groups is 1. The van der Waals surface area contributed by atoms with Gasteiger partial charge in [0.1, 0.15) is 5.65 Å². The van der Waals surface area contributed by atoms with Crippen molar-refractivity contribution in [3.63, 3.8) is 0 Å². The lowest BCUT2D eigenvalue weighted by atomic mass is 9.93. The Labute approximate surface area is 170 Å². The van der Waals surface area contributed by atoms with Crippen LogP contribution < -0.4 is 16.2 Å². The summed E-state index contributed by atoms with van der Waals surface area (Å²) in [4.78, 5) is 39.8. The fraction of sp³-hybridized carbons (Fsp3) is 0.368. The summed E-state index contributed by atoms with van der Waals surface area (Å²) in [5.74, 6) is -0.0102. The Balaban J connectivity index is 1.75. The van der Waals surface area contributed by atoms with Gasteiger partial charge in [-0.3, -0.25) is 4.79 Å². The van der Waals surface area contributed by atoms with E-state index in [1.807, 2.05) is 0 Å². The fourth-order valence-electron chi connectivity index (χ4n) is 3.88. The third kappa shape index (κ3) is 3.66. The predicted octanol–water partition coefficient (Wildman–Crippen LogP) is 1.15. The summed E-state index contributed by atoms with van der Waals surface area (Å²) in [7, 11) is 0. The van der Waals surface area contributed by atoms with E-state index in [0.29, 0.717) is 53.9 Å². The summed E-state index contributed by atoms with van der Waals surface area (Å²) >= 11 is 0. The Morgan fingerprint density at radius 2 is 2.03 bits per heavy atom. The number of carboxylic acid groups (broad SMARTS) is 1. The molecule has 0 saturated carbocycles. The first-order valence-electron chi connectivity index (χ1n) is 9.66. The fourth-order valence-corrected chi connectivity index (χ4v) is 3.88. The number of aliphatic hydroxyl groups excluding tert-OH is 1. The highest BCUT2D eigenvalue weighted by Gasteiger charge is 2.26. The lowest BCUT2D eigenvalue weighted by Crippen LogP contribution is -2.37. The number of nitrogens with one attached hydrogen (secondary N) is 3. The highest BCUT2D eigenvalue weighted by atomic mass is 16.4. The molecule has 1 fully saturated rings. The van der Waals surface area contributed by atoms with Gasteiger partial charge in [0.05, 0.1) is 28.9 Å². The van der Waals surface area contributed by atoms with E-state index >= 15 is 0 Å². The zero-order chi connectivity index (χ0) is 21.3. The van der Waals surface area contributed by atoms with Crippen LogP contribution in [0.1, 0.15) is 24.5 Å². The topological polar surface area (TPSA) is 152 Å². The molecule has 1 saturated heterocycles. The molecule has 0 unspecified atom stereocenters. The van der Waals surface area contributed by atoms with Crippen molar-refractivity contribution in [1.82, 2.24) is 24.8 Å². The second-order valence-electron chi connectivity index (χ2n) is 7.17. The van der Waals surface area contributed by atoms with Gasteiger partial charge in [-0.1, -0.05) is 6.07 Å². The summed E-state index contributed by atoms with van der Waals surface area (Å²) < 4.78 is 1.67. The van der Waals surface area contributed by atoms with Crippen LogP contribution in [0.25, 0.3) is 16.6 Å². The molecule has 0 aliphatic carbocycles. The minimum Gasteiger partial charge on any atom is -0.465 e. The average Bonchev–Trinajstić information content (AvgIpc) is 3.11. The Kier molecular flexibility index (Phi) is 5.27. The van der Waals surface area contributed by atoms with Crippen LogP contribution in [0.5, 0.6) is 0 Å². The zero-order valence-corrected chi connectivity index (χ0v) is 16.1. The SMILES string of the molecule is O=C(NCCO)Nc1cccc2nn3c(C4CCN(C(=O)O)CC4)cc(=O)[nH]c3c12. The minimum absolute atomic E-state index is 0.0102. The maximum absolute atomic E-state index is 12.4. The maximum atomic E-state index is 12.4. The van der Waals surface area contributed by atoms with Crippen LogP contribution in [0.4, 0.5) is 15.3 Å². The summed E-state index contributed by atoms with van der Waals surface area (Å²) in [6, 6.07) is 6.27. The molecule has 1 aliphatic rings. The van der Waals surface area contributed by atoms with Crippen LogP contribution in [0, 0.1) is 0 Å². The predicted molar refractivity (Wildman–Crippen MR) is 109 cm³/mol. The molecule has 158 valence electrons. The van der Waals surface area contributed by atoms with E-state index in [1.54, 1.807) is 22.7 Å². The largest absolute Gasteiger partial charge is 0.465 e. The van der Waals surface area contributed by atoms with E-state index in [1.165, 1.54) is 11.0 Å². The van der Waals surface area contributed by atoms with Crippen molar-refractivity contribution < 1.29 is 19.8 Å². The highest BCUT2D eigenvalue weighted by Crippen LogP contribution is 2.31. The molecular weight excluding hydrogens is 392 g/mol. The van der Waals surface area contributed by atoms with Crippen molar-refractivity contribution in [2.24, 2.45) is 0 Å². The van der Waals surface area contributed by atoms with Gasteiger partial charge in [-0.15, -0.1) is 0 Å². The van der Waals surface area contributed by atoms with Crippen LogP contribution in [0.2, 0.25) is 0 Å². The lowest BCUT2D eigenvalue weighted by molar-refractivity contribution is 0.131. The molecule has 4 rings (SSSR count). The quantitative estimate of drug-likeness (QED) is 0.432. The molecule has 3 aromatic rings. The van der Waals surface area contributed by atoms with E-state index < -0.39 is 12.1 Å². The van der Waals surface area contributed by atoms with Crippen molar-refractivity contribution in [1.29, 1.82) is 0 Å². The lowest BCUT2D eigenvalue weighted by Gasteiger charge is -2.30. The average molecular weight is 414 g/mol. The molecule has 2 aromatic heterocycles. The molecule has 1 aromatic carbocycles. The molecule has 11 nitrogen and oxygen atoms in total. The third-order valence-corrected chi connectivity index (χ3v) is 5.29. The molecular formula is C19H22N6O5. The number of piperidine rings is 1. The molecule has 11 heteroatoms. The van der Waals surface area contributed by atoms with Gasteiger partial charge in [0.25, 0.3) is 5.56 Å². The first kappa shape index (κ1) is 19.7. The molecule has 3 heterocycles. The molecule has 3 amide bonds. The molecule has 0 atom stereocenters. The van der Waals surface area contributed by atoms with E-state index in [9.17, 15) is 14.4 Å². The number of amides is 3. The Morgan fingerprint density at radius 1 is 1.27 bits per heavy atom. The normalized spacial score (nSPS) is 14.9. The van der Waals surface area contributed by atoms with Gasteiger partial charge in [-0.2, -0.15) is 5.10 Å². The molecule has 0 spiro atoms. The number of benzene rings is 1. The summed E-state index contributed by atoms with van der Waals surface area (Å²) in [6.07, 6.45) is 0.246. The van der Waals surface area contributed by atoms with Crippen LogP contribution in [-0.2, 0) is 0 Å². The summed E-state index contributed by atoms with van der Waals surface area (Å²) in [5.41, 5.74) is 1.96. The maximum Gasteiger partial charge on any atom is 0.407 e. The zero-order valence-electron chi connectivity index (χ0n) is 16.1. The standard InChI is InChI=1S/C19H22N6O5/c26-9-6-20-18(28)21-12-2-1-3-13-16(12)17-22-15(27)10-14(25(17)23-13)11-4-7-24(8-5-11)19(29)30/h1-3,10-11,26H,4-9H2,(H,22,27)(H,29,30)(H2,20,21,28). The summed E-state index contributed by atoms with van der Waals surface area (Å²) in [5, 5.41) is 28.5. The number of rotatable bonds is 4. The van der Waals surface area contributed by atoms with Crippen LogP contribution in [-0.4, -0.2) is 68.1 Å². The van der Waals surface area contributed by atoms with Crippen molar-refractivity contribution >= 4 is 34.4 Å². The number of H-pyrrole nitrogens is 1. The van der Waals surface area contributed by atoms with Crippen LogP contribution in [0.3, 0.4) is 0 Å². The van der Waals surface area contributed by atoms with Gasteiger partial charge in [0.2, 0.25) is 0 Å². The number of likely N-dealkylation sites (tertiary alicyclic amines) is 1.